The van der Waals surface area contributed by atoms with Crippen molar-refractivity contribution in [2.24, 2.45) is 0 Å². The van der Waals surface area contributed by atoms with Crippen LogP contribution >= 0.6 is 0 Å². The molecule has 0 N–H and O–H groups in total. The molecule has 2 heterocycles. The Bertz CT molecular complexity index is 464. The van der Waals surface area contributed by atoms with Crippen molar-refractivity contribution in [2.75, 3.05) is 0 Å². The maximum absolute atomic E-state index is 11.3. The van der Waals surface area contributed by atoms with Gasteiger partial charge >= 0.3 is 0 Å². The van der Waals surface area contributed by atoms with Crippen LogP contribution in [0, 0.1) is 0 Å². The lowest BCUT2D eigenvalue weighted by Crippen LogP contribution is -2.21. The van der Waals surface area contributed by atoms with E-state index in [2.05, 4.69) is 10.1 Å². The van der Waals surface area contributed by atoms with E-state index in [9.17, 15) is 4.79 Å². The number of rotatable bonds is 2. The van der Waals surface area contributed by atoms with Gasteiger partial charge in [0.05, 0.1) is 6.54 Å². The van der Waals surface area contributed by atoms with Crippen molar-refractivity contribution < 1.29 is 0 Å². The van der Waals surface area contributed by atoms with Gasteiger partial charge in [-0.05, 0) is 17.7 Å². The van der Waals surface area contributed by atoms with Crippen molar-refractivity contribution >= 4 is 0 Å². The summed E-state index contributed by atoms with van der Waals surface area (Å²) in [5.41, 5.74) is 0.865. The fourth-order valence-electron chi connectivity index (χ4n) is 1.17. The van der Waals surface area contributed by atoms with Crippen LogP contribution in [0.15, 0.2) is 47.7 Å². The fourth-order valence-corrected chi connectivity index (χ4v) is 1.17. The molecule has 0 atom stereocenters. The van der Waals surface area contributed by atoms with Crippen LogP contribution in [-0.2, 0) is 6.54 Å². The van der Waals surface area contributed by atoms with Crippen molar-refractivity contribution in [1.82, 2.24) is 14.8 Å². The molecule has 2 rings (SSSR count). The summed E-state index contributed by atoms with van der Waals surface area (Å²) in [6.07, 6.45) is 5.02. The highest BCUT2D eigenvalue weighted by molar-refractivity contribution is 5.08. The van der Waals surface area contributed by atoms with Gasteiger partial charge in [0.25, 0.3) is 5.56 Å². The van der Waals surface area contributed by atoms with Gasteiger partial charge in [-0.1, -0.05) is 6.07 Å². The highest BCUT2D eigenvalue weighted by Gasteiger charge is 1.96. The minimum absolute atomic E-state index is 0.101. The SMILES string of the molecule is O=c1cccnn1Cc1cccnc1. The summed E-state index contributed by atoms with van der Waals surface area (Å²) < 4.78 is 1.40. The van der Waals surface area contributed by atoms with Crippen LogP contribution in [0.25, 0.3) is 0 Å². The van der Waals surface area contributed by atoms with Crippen LogP contribution in [-0.4, -0.2) is 14.8 Å². The van der Waals surface area contributed by atoms with E-state index in [0.717, 1.165) is 5.56 Å². The number of aromatic nitrogens is 3. The highest BCUT2D eigenvalue weighted by atomic mass is 16.1. The maximum Gasteiger partial charge on any atom is 0.267 e. The van der Waals surface area contributed by atoms with Crippen molar-refractivity contribution in [3.05, 3.63) is 58.8 Å². The third-order valence-corrected chi connectivity index (χ3v) is 1.84. The van der Waals surface area contributed by atoms with Crippen molar-refractivity contribution in [1.29, 1.82) is 0 Å². The van der Waals surface area contributed by atoms with Gasteiger partial charge < -0.3 is 0 Å². The Labute approximate surface area is 80.9 Å². The summed E-state index contributed by atoms with van der Waals surface area (Å²) in [6.45, 7) is 0.466. The van der Waals surface area contributed by atoms with Gasteiger partial charge in [-0.15, -0.1) is 0 Å². The minimum Gasteiger partial charge on any atom is -0.268 e. The van der Waals surface area contributed by atoms with Gasteiger partial charge in [0, 0.05) is 24.7 Å². The minimum atomic E-state index is -0.101. The molecule has 0 aliphatic heterocycles. The zero-order valence-electron chi connectivity index (χ0n) is 7.50. The first-order valence-electron chi connectivity index (χ1n) is 4.27. The van der Waals surface area contributed by atoms with Crippen LogP contribution in [0.4, 0.5) is 0 Å². The Morgan fingerprint density at radius 2 is 2.07 bits per heavy atom. The molecular weight excluding hydrogens is 178 g/mol. The molecule has 0 spiro atoms. The lowest BCUT2D eigenvalue weighted by atomic mass is 10.3. The Morgan fingerprint density at radius 1 is 1.21 bits per heavy atom. The Morgan fingerprint density at radius 3 is 2.79 bits per heavy atom. The average Bonchev–Trinajstić information content (AvgIpc) is 2.23. The third-order valence-electron chi connectivity index (χ3n) is 1.84. The van der Waals surface area contributed by atoms with E-state index in [1.54, 1.807) is 24.7 Å². The Balaban J connectivity index is 2.28. The first-order chi connectivity index (χ1) is 6.86. The monoisotopic (exact) mass is 187 g/mol. The van der Waals surface area contributed by atoms with E-state index in [0.29, 0.717) is 6.54 Å². The molecule has 0 bridgehead atoms. The topological polar surface area (TPSA) is 47.8 Å². The van der Waals surface area contributed by atoms with Crippen LogP contribution in [0.1, 0.15) is 5.56 Å². The zero-order chi connectivity index (χ0) is 9.80. The molecule has 2 aromatic heterocycles. The van der Waals surface area contributed by atoms with Gasteiger partial charge in [0.15, 0.2) is 0 Å². The van der Waals surface area contributed by atoms with Gasteiger partial charge in [0.2, 0.25) is 0 Å². The largest absolute Gasteiger partial charge is 0.268 e. The molecule has 0 fully saturated rings. The molecule has 0 aliphatic carbocycles. The molecule has 0 saturated heterocycles. The average molecular weight is 187 g/mol. The lowest BCUT2D eigenvalue weighted by Gasteiger charge is -2.01. The second kappa shape index (κ2) is 3.83. The molecular formula is C10H9N3O. The molecule has 14 heavy (non-hydrogen) atoms. The lowest BCUT2D eigenvalue weighted by molar-refractivity contribution is 0.637. The van der Waals surface area contributed by atoms with Crippen molar-refractivity contribution in [3.63, 3.8) is 0 Å². The molecule has 0 aliphatic rings. The van der Waals surface area contributed by atoms with Crippen molar-refractivity contribution in [3.8, 4) is 0 Å². The standard InChI is InChI=1S/C10H9N3O/c14-10-4-2-6-12-13(10)8-9-3-1-5-11-7-9/h1-7H,8H2. The first kappa shape index (κ1) is 8.62. The zero-order valence-corrected chi connectivity index (χ0v) is 7.50. The normalized spacial score (nSPS) is 10.0. The van der Waals surface area contributed by atoms with Crippen molar-refractivity contribution in [2.45, 2.75) is 6.54 Å². The van der Waals surface area contributed by atoms with Gasteiger partial charge in [0.1, 0.15) is 0 Å². The Hall–Kier alpha value is -1.97. The molecule has 0 aromatic carbocycles. The molecule has 4 heteroatoms. The second-order valence-corrected chi connectivity index (χ2v) is 2.88. The summed E-state index contributed by atoms with van der Waals surface area (Å²) in [5.74, 6) is 0. The molecule has 0 amide bonds. The van der Waals surface area contributed by atoms with E-state index in [1.165, 1.54) is 10.7 Å². The maximum atomic E-state index is 11.3. The molecule has 0 radical (unpaired) electrons. The summed E-state index contributed by atoms with van der Waals surface area (Å²) in [4.78, 5) is 15.3. The number of nitrogens with zero attached hydrogens (tertiary/aromatic N) is 3. The van der Waals surface area contributed by atoms with E-state index in [4.69, 9.17) is 0 Å². The smallest absolute Gasteiger partial charge is 0.267 e. The predicted molar refractivity (Wildman–Crippen MR) is 51.8 cm³/mol. The quantitative estimate of drug-likeness (QED) is 0.694. The van der Waals surface area contributed by atoms with Gasteiger partial charge in [-0.25, -0.2) is 4.68 Å². The summed E-state index contributed by atoms with van der Waals surface area (Å²) in [5, 5.41) is 3.95. The van der Waals surface area contributed by atoms with Crippen LogP contribution in [0.2, 0.25) is 0 Å². The molecule has 70 valence electrons. The summed E-state index contributed by atoms with van der Waals surface area (Å²) in [7, 11) is 0. The molecule has 4 nitrogen and oxygen atoms in total. The van der Waals surface area contributed by atoms with Crippen LogP contribution in [0.5, 0.6) is 0 Å². The van der Waals surface area contributed by atoms with Crippen LogP contribution < -0.4 is 5.56 Å². The molecule has 0 unspecified atom stereocenters. The Kier molecular flexibility index (Phi) is 2.36. The highest BCUT2D eigenvalue weighted by Crippen LogP contribution is 1.95. The van der Waals surface area contributed by atoms with E-state index in [1.807, 2.05) is 12.1 Å². The number of pyridine rings is 1. The van der Waals surface area contributed by atoms with E-state index in [-0.39, 0.29) is 5.56 Å². The fraction of sp³-hybridized carbons (Fsp3) is 0.100. The summed E-state index contributed by atoms with van der Waals surface area (Å²) in [6, 6.07) is 6.86. The number of hydrogen-bond acceptors (Lipinski definition) is 3. The second-order valence-electron chi connectivity index (χ2n) is 2.88. The molecule has 0 saturated carbocycles. The van der Waals surface area contributed by atoms with Crippen LogP contribution in [0.3, 0.4) is 0 Å². The molecule has 2 aromatic rings. The summed E-state index contributed by atoms with van der Waals surface area (Å²) >= 11 is 0. The van der Waals surface area contributed by atoms with E-state index >= 15 is 0 Å². The van der Waals surface area contributed by atoms with E-state index < -0.39 is 0 Å². The predicted octanol–water partition coefficient (Wildman–Crippen LogP) is 0.687. The van der Waals surface area contributed by atoms with Gasteiger partial charge in [-0.2, -0.15) is 5.10 Å². The third kappa shape index (κ3) is 1.85. The first-order valence-corrected chi connectivity index (χ1v) is 4.27. The van der Waals surface area contributed by atoms with Gasteiger partial charge in [-0.3, -0.25) is 9.78 Å². The number of hydrogen-bond donors (Lipinski definition) is 0.